The number of aryl methyl sites for hydroxylation is 1. The molecule has 6 heteroatoms. The van der Waals surface area contributed by atoms with E-state index < -0.39 is 0 Å². The van der Waals surface area contributed by atoms with Gasteiger partial charge < -0.3 is 11.1 Å². The third kappa shape index (κ3) is 2.79. The third-order valence-electron chi connectivity index (χ3n) is 2.15. The summed E-state index contributed by atoms with van der Waals surface area (Å²) in [4.78, 5) is 20.0. The number of nitrogens with two attached hydrogens (primary N) is 1. The molecule has 0 radical (unpaired) electrons. The van der Waals surface area contributed by atoms with Crippen molar-refractivity contribution in [3.63, 3.8) is 0 Å². The first kappa shape index (κ1) is 11.5. The van der Waals surface area contributed by atoms with Gasteiger partial charge in [0.15, 0.2) is 5.69 Å². The number of pyridine rings is 1. The fraction of sp³-hybridized carbons (Fsp3) is 0.182. The summed E-state index contributed by atoms with van der Waals surface area (Å²) in [6.07, 6.45) is 1.54. The van der Waals surface area contributed by atoms with Gasteiger partial charge in [0.05, 0.1) is 22.9 Å². The summed E-state index contributed by atoms with van der Waals surface area (Å²) in [5.74, 6) is -0.284. The number of rotatable bonds is 3. The second-order valence-corrected chi connectivity index (χ2v) is 4.54. The highest BCUT2D eigenvalue weighted by atomic mass is 32.1. The van der Waals surface area contributed by atoms with Gasteiger partial charge in [-0.3, -0.25) is 4.79 Å². The van der Waals surface area contributed by atoms with Crippen LogP contribution in [0.2, 0.25) is 0 Å². The lowest BCUT2D eigenvalue weighted by molar-refractivity contribution is 0.0946. The third-order valence-corrected chi connectivity index (χ3v) is 2.97. The van der Waals surface area contributed by atoms with Gasteiger partial charge in [-0.2, -0.15) is 0 Å². The zero-order valence-corrected chi connectivity index (χ0v) is 10.1. The van der Waals surface area contributed by atoms with Crippen molar-refractivity contribution in [1.29, 1.82) is 0 Å². The van der Waals surface area contributed by atoms with Crippen molar-refractivity contribution in [3.8, 4) is 0 Å². The van der Waals surface area contributed by atoms with Gasteiger partial charge in [0.2, 0.25) is 0 Å². The first-order chi connectivity index (χ1) is 8.16. The Balaban J connectivity index is 2.01. The Kier molecular flexibility index (Phi) is 3.34. The second-order valence-electron chi connectivity index (χ2n) is 3.48. The molecule has 2 aromatic heterocycles. The minimum Gasteiger partial charge on any atom is -0.397 e. The number of nitrogens with one attached hydrogen (secondary N) is 1. The molecule has 0 aromatic carbocycles. The highest BCUT2D eigenvalue weighted by Crippen LogP contribution is 2.09. The zero-order valence-electron chi connectivity index (χ0n) is 9.30. The van der Waals surface area contributed by atoms with Crippen LogP contribution in [0.1, 0.15) is 21.2 Å². The van der Waals surface area contributed by atoms with Crippen molar-refractivity contribution in [1.82, 2.24) is 15.3 Å². The molecule has 0 aliphatic carbocycles. The highest BCUT2D eigenvalue weighted by molar-refractivity contribution is 7.09. The molecule has 17 heavy (non-hydrogen) atoms. The van der Waals surface area contributed by atoms with Crippen LogP contribution in [0, 0.1) is 6.92 Å². The summed E-state index contributed by atoms with van der Waals surface area (Å²) < 4.78 is 0. The molecule has 5 nitrogen and oxygen atoms in total. The molecule has 1 amide bonds. The number of carbonyl (C=O) groups is 1. The van der Waals surface area contributed by atoms with Crippen molar-refractivity contribution in [2.75, 3.05) is 5.73 Å². The summed E-state index contributed by atoms with van der Waals surface area (Å²) in [6, 6.07) is 3.34. The molecule has 2 aromatic rings. The van der Waals surface area contributed by atoms with E-state index in [1.807, 2.05) is 12.3 Å². The number of aromatic nitrogens is 2. The molecule has 0 spiro atoms. The molecule has 2 heterocycles. The van der Waals surface area contributed by atoms with E-state index in [1.54, 1.807) is 23.5 Å². The SMILES string of the molecule is Cc1nc(CNC(=O)c2ncccc2N)cs1. The van der Waals surface area contributed by atoms with Crippen molar-refractivity contribution in [2.45, 2.75) is 13.5 Å². The van der Waals surface area contributed by atoms with Gasteiger partial charge in [0.1, 0.15) is 0 Å². The highest BCUT2D eigenvalue weighted by Gasteiger charge is 2.10. The van der Waals surface area contributed by atoms with Gasteiger partial charge in [-0.05, 0) is 19.1 Å². The van der Waals surface area contributed by atoms with E-state index in [1.165, 1.54) is 6.20 Å². The zero-order chi connectivity index (χ0) is 12.3. The summed E-state index contributed by atoms with van der Waals surface area (Å²) in [7, 11) is 0. The number of anilines is 1. The fourth-order valence-corrected chi connectivity index (χ4v) is 1.96. The number of carbonyl (C=O) groups excluding carboxylic acids is 1. The predicted octanol–water partition coefficient (Wildman–Crippen LogP) is 1.36. The lowest BCUT2D eigenvalue weighted by Gasteiger charge is -2.04. The summed E-state index contributed by atoms with van der Waals surface area (Å²) in [6.45, 7) is 2.31. The van der Waals surface area contributed by atoms with Crippen molar-refractivity contribution in [3.05, 3.63) is 40.1 Å². The predicted molar refractivity (Wildman–Crippen MR) is 66.7 cm³/mol. The van der Waals surface area contributed by atoms with Gasteiger partial charge in [-0.25, -0.2) is 9.97 Å². The Bertz CT molecular complexity index is 538. The largest absolute Gasteiger partial charge is 0.397 e. The Morgan fingerprint density at radius 1 is 1.59 bits per heavy atom. The van der Waals surface area contributed by atoms with Crippen molar-refractivity contribution < 1.29 is 4.79 Å². The molecule has 0 atom stereocenters. The summed E-state index contributed by atoms with van der Waals surface area (Å²) in [5, 5.41) is 5.62. The summed E-state index contributed by atoms with van der Waals surface area (Å²) in [5.41, 5.74) is 7.12. The first-order valence-electron chi connectivity index (χ1n) is 5.06. The summed E-state index contributed by atoms with van der Waals surface area (Å²) >= 11 is 1.55. The van der Waals surface area contributed by atoms with Crippen LogP contribution in [0.25, 0.3) is 0 Å². The van der Waals surface area contributed by atoms with E-state index in [-0.39, 0.29) is 11.6 Å². The molecule has 88 valence electrons. The molecule has 0 aliphatic heterocycles. The van der Waals surface area contributed by atoms with Crippen molar-refractivity contribution >= 4 is 22.9 Å². The van der Waals surface area contributed by atoms with E-state index in [0.29, 0.717) is 12.2 Å². The van der Waals surface area contributed by atoms with Crippen LogP contribution in [-0.2, 0) is 6.54 Å². The molecule has 0 aliphatic rings. The van der Waals surface area contributed by atoms with Crippen LogP contribution in [0.5, 0.6) is 0 Å². The number of hydrogen-bond donors (Lipinski definition) is 2. The Morgan fingerprint density at radius 2 is 2.41 bits per heavy atom. The second kappa shape index (κ2) is 4.92. The lowest BCUT2D eigenvalue weighted by Crippen LogP contribution is -2.25. The minimum atomic E-state index is -0.284. The average molecular weight is 248 g/mol. The standard InChI is InChI=1S/C11H12N4OS/c1-7-15-8(6-17-7)5-14-11(16)10-9(12)3-2-4-13-10/h2-4,6H,5,12H2,1H3,(H,14,16). The number of hydrogen-bond acceptors (Lipinski definition) is 5. The number of nitrogen functional groups attached to an aromatic ring is 1. The topological polar surface area (TPSA) is 80.9 Å². The monoisotopic (exact) mass is 248 g/mol. The van der Waals surface area contributed by atoms with Crippen LogP contribution in [0.15, 0.2) is 23.7 Å². The molecule has 2 rings (SSSR count). The average Bonchev–Trinajstić information content (AvgIpc) is 2.73. The maximum absolute atomic E-state index is 11.8. The van der Waals surface area contributed by atoms with Crippen LogP contribution in [0.4, 0.5) is 5.69 Å². The fourth-order valence-electron chi connectivity index (χ4n) is 1.35. The molecule has 0 saturated carbocycles. The number of amides is 1. The van der Waals surface area contributed by atoms with E-state index in [0.717, 1.165) is 10.7 Å². The Morgan fingerprint density at radius 3 is 3.06 bits per heavy atom. The van der Waals surface area contributed by atoms with Gasteiger partial charge in [0.25, 0.3) is 5.91 Å². The normalized spacial score (nSPS) is 10.2. The smallest absolute Gasteiger partial charge is 0.272 e. The minimum absolute atomic E-state index is 0.249. The molecule has 0 saturated heterocycles. The van der Waals surface area contributed by atoms with E-state index in [9.17, 15) is 4.79 Å². The molecule has 0 unspecified atom stereocenters. The van der Waals surface area contributed by atoms with Crippen molar-refractivity contribution in [2.24, 2.45) is 0 Å². The Labute approximate surface area is 103 Å². The van der Waals surface area contributed by atoms with E-state index in [4.69, 9.17) is 5.73 Å². The molecular weight excluding hydrogens is 236 g/mol. The van der Waals surface area contributed by atoms with Gasteiger partial charge in [0, 0.05) is 11.6 Å². The van der Waals surface area contributed by atoms with Crippen LogP contribution in [-0.4, -0.2) is 15.9 Å². The molecule has 3 N–H and O–H groups in total. The first-order valence-corrected chi connectivity index (χ1v) is 5.94. The molecule has 0 fully saturated rings. The van der Waals surface area contributed by atoms with Crippen LogP contribution < -0.4 is 11.1 Å². The van der Waals surface area contributed by atoms with Crippen LogP contribution >= 0.6 is 11.3 Å². The van der Waals surface area contributed by atoms with Gasteiger partial charge >= 0.3 is 0 Å². The van der Waals surface area contributed by atoms with Crippen LogP contribution in [0.3, 0.4) is 0 Å². The maximum atomic E-state index is 11.8. The molecule has 0 bridgehead atoms. The van der Waals surface area contributed by atoms with E-state index >= 15 is 0 Å². The quantitative estimate of drug-likeness (QED) is 0.859. The maximum Gasteiger partial charge on any atom is 0.272 e. The lowest BCUT2D eigenvalue weighted by atomic mass is 10.3. The number of thiazole rings is 1. The Hall–Kier alpha value is -1.95. The van der Waals surface area contributed by atoms with Gasteiger partial charge in [-0.1, -0.05) is 0 Å². The van der Waals surface area contributed by atoms with E-state index in [2.05, 4.69) is 15.3 Å². The van der Waals surface area contributed by atoms with Gasteiger partial charge in [-0.15, -0.1) is 11.3 Å². The number of nitrogens with zero attached hydrogens (tertiary/aromatic N) is 2. The molecular formula is C11H12N4OS.